The van der Waals surface area contributed by atoms with Crippen molar-refractivity contribution in [3.8, 4) is 0 Å². The quantitative estimate of drug-likeness (QED) is 0.463. The third-order valence-electron chi connectivity index (χ3n) is 1.61. The molecule has 1 aromatic carbocycles. The number of rotatable bonds is 3. The smallest absolute Gasteiger partial charge is 0.138 e. The second kappa shape index (κ2) is 5.04. The Morgan fingerprint density at radius 3 is 2.54 bits per heavy atom. The Labute approximate surface area is 89.5 Å². The second-order valence-electron chi connectivity index (χ2n) is 2.52. The molecule has 13 heavy (non-hydrogen) atoms. The predicted molar refractivity (Wildman–Crippen MR) is 65.6 cm³/mol. The van der Waals surface area contributed by atoms with E-state index < -0.39 is 0 Å². The summed E-state index contributed by atoms with van der Waals surface area (Å²) in [6.07, 6.45) is 1.80. The fourth-order valence-electron chi connectivity index (χ4n) is 1.03. The summed E-state index contributed by atoms with van der Waals surface area (Å²) in [6.45, 7) is 4.36. The van der Waals surface area contributed by atoms with Crippen molar-refractivity contribution in [1.29, 1.82) is 0 Å². The molecule has 0 saturated carbocycles. The molecule has 0 N–H and O–H groups in total. The first-order valence-electron chi connectivity index (χ1n) is 3.92. The highest BCUT2D eigenvalue weighted by Crippen LogP contribution is 2.14. The Morgan fingerprint density at radius 2 is 2.08 bits per heavy atom. The molecule has 68 valence electrons. The molecule has 0 amide bonds. The molecule has 0 aliphatic heterocycles. The normalized spacial score (nSPS) is 9.31. The van der Waals surface area contributed by atoms with Crippen molar-refractivity contribution in [1.82, 2.24) is 0 Å². The lowest BCUT2D eigenvalue weighted by Crippen LogP contribution is -2.25. The molecule has 1 aromatic rings. The summed E-state index contributed by atoms with van der Waals surface area (Å²) in [7, 11) is 0. The molecule has 0 saturated heterocycles. The lowest BCUT2D eigenvalue weighted by atomic mass is 10.3. The topological polar surface area (TPSA) is 3.24 Å². The summed E-state index contributed by atoms with van der Waals surface area (Å²) in [4.78, 5) is 1.91. The van der Waals surface area contributed by atoms with Gasteiger partial charge in [0.1, 0.15) is 4.32 Å². The maximum absolute atomic E-state index is 5.01. The van der Waals surface area contributed by atoms with Crippen LogP contribution in [0.1, 0.15) is 0 Å². The average molecular weight is 209 g/mol. The molecule has 0 aromatic heterocycles. The van der Waals surface area contributed by atoms with E-state index in [0.717, 1.165) is 5.69 Å². The second-order valence-corrected chi connectivity index (χ2v) is 3.63. The lowest BCUT2D eigenvalue weighted by Gasteiger charge is -2.20. The van der Waals surface area contributed by atoms with Crippen LogP contribution in [0.15, 0.2) is 43.0 Å². The van der Waals surface area contributed by atoms with Gasteiger partial charge in [-0.05, 0) is 12.1 Å². The summed E-state index contributed by atoms with van der Waals surface area (Å²) < 4.78 is 0.561. The molecular formula is C10H11NS2. The first-order valence-corrected chi connectivity index (χ1v) is 4.77. The van der Waals surface area contributed by atoms with Crippen LogP contribution < -0.4 is 4.90 Å². The van der Waals surface area contributed by atoms with Gasteiger partial charge in [0.05, 0.1) is 0 Å². The van der Waals surface area contributed by atoms with Gasteiger partial charge >= 0.3 is 0 Å². The zero-order chi connectivity index (χ0) is 9.68. The maximum atomic E-state index is 5.01. The van der Waals surface area contributed by atoms with E-state index >= 15 is 0 Å². The fourth-order valence-corrected chi connectivity index (χ4v) is 1.41. The van der Waals surface area contributed by atoms with Crippen molar-refractivity contribution in [3.63, 3.8) is 0 Å². The Balaban J connectivity index is 2.88. The molecule has 1 nitrogen and oxygen atoms in total. The number of para-hydroxylation sites is 1. The fraction of sp³-hybridized carbons (Fsp3) is 0.100. The van der Waals surface area contributed by atoms with Crippen LogP contribution in [0.25, 0.3) is 0 Å². The summed E-state index contributed by atoms with van der Waals surface area (Å²) in [6, 6.07) is 9.89. The number of thiol groups is 1. The number of hydrogen-bond acceptors (Lipinski definition) is 1. The molecular weight excluding hydrogens is 198 g/mol. The van der Waals surface area contributed by atoms with E-state index in [4.69, 9.17) is 12.2 Å². The van der Waals surface area contributed by atoms with E-state index in [-0.39, 0.29) is 0 Å². The molecule has 0 aliphatic rings. The van der Waals surface area contributed by atoms with Crippen molar-refractivity contribution in [3.05, 3.63) is 43.0 Å². The van der Waals surface area contributed by atoms with Gasteiger partial charge in [-0.3, -0.25) is 0 Å². The van der Waals surface area contributed by atoms with Crippen LogP contribution in [0.4, 0.5) is 5.69 Å². The van der Waals surface area contributed by atoms with Crippen LogP contribution in [0.2, 0.25) is 0 Å². The van der Waals surface area contributed by atoms with Crippen molar-refractivity contribution in [2.75, 3.05) is 11.4 Å². The van der Waals surface area contributed by atoms with E-state index in [2.05, 4.69) is 19.2 Å². The van der Waals surface area contributed by atoms with Gasteiger partial charge in [0, 0.05) is 12.2 Å². The molecule has 1 rings (SSSR count). The van der Waals surface area contributed by atoms with Gasteiger partial charge in [-0.2, -0.15) is 0 Å². The molecule has 0 atom stereocenters. The van der Waals surface area contributed by atoms with E-state index in [9.17, 15) is 0 Å². The average Bonchev–Trinajstić information content (AvgIpc) is 2.15. The SMILES string of the molecule is C=CCN(C(=S)S)c1ccccc1. The minimum absolute atomic E-state index is 0.561. The van der Waals surface area contributed by atoms with Crippen molar-refractivity contribution < 1.29 is 0 Å². The van der Waals surface area contributed by atoms with Gasteiger partial charge in [0.2, 0.25) is 0 Å². The molecule has 0 unspecified atom stereocenters. The summed E-state index contributed by atoms with van der Waals surface area (Å²) in [5, 5.41) is 0. The molecule has 3 heteroatoms. The van der Waals surface area contributed by atoms with Gasteiger partial charge in [0.15, 0.2) is 0 Å². The third kappa shape index (κ3) is 2.86. The lowest BCUT2D eigenvalue weighted by molar-refractivity contribution is 1.17. The van der Waals surface area contributed by atoms with Gasteiger partial charge < -0.3 is 4.90 Å². The highest BCUT2D eigenvalue weighted by Gasteiger charge is 2.05. The Hall–Kier alpha value is -0.800. The number of hydrogen-bond donors (Lipinski definition) is 1. The highest BCUT2D eigenvalue weighted by molar-refractivity contribution is 8.11. The predicted octanol–water partition coefficient (Wildman–Crippen LogP) is 2.89. The van der Waals surface area contributed by atoms with Crippen LogP contribution in [0.5, 0.6) is 0 Å². The highest BCUT2D eigenvalue weighted by atomic mass is 32.1. The van der Waals surface area contributed by atoms with Crippen LogP contribution in [0.3, 0.4) is 0 Å². The molecule has 0 heterocycles. The summed E-state index contributed by atoms with van der Waals surface area (Å²) in [5.74, 6) is 0. The molecule has 0 bridgehead atoms. The van der Waals surface area contributed by atoms with Crippen LogP contribution in [0, 0.1) is 0 Å². The van der Waals surface area contributed by atoms with E-state index in [1.807, 2.05) is 35.2 Å². The van der Waals surface area contributed by atoms with Gasteiger partial charge in [-0.1, -0.05) is 36.5 Å². The van der Waals surface area contributed by atoms with Gasteiger partial charge in [-0.25, -0.2) is 0 Å². The first kappa shape index (κ1) is 10.3. The zero-order valence-corrected chi connectivity index (χ0v) is 8.89. The Morgan fingerprint density at radius 1 is 1.46 bits per heavy atom. The Kier molecular flexibility index (Phi) is 3.99. The number of benzene rings is 1. The van der Waals surface area contributed by atoms with Crippen LogP contribution in [-0.4, -0.2) is 10.9 Å². The molecule has 0 fully saturated rings. The minimum Gasteiger partial charge on any atom is -0.324 e. The zero-order valence-electron chi connectivity index (χ0n) is 7.18. The van der Waals surface area contributed by atoms with Crippen LogP contribution >= 0.6 is 24.8 Å². The van der Waals surface area contributed by atoms with Crippen molar-refractivity contribution in [2.45, 2.75) is 0 Å². The number of thiocarbonyl (C=S) groups is 1. The van der Waals surface area contributed by atoms with Gasteiger partial charge in [0.25, 0.3) is 0 Å². The monoisotopic (exact) mass is 209 g/mol. The summed E-state index contributed by atoms with van der Waals surface area (Å²) >= 11 is 9.15. The van der Waals surface area contributed by atoms with E-state index in [1.165, 1.54) is 0 Å². The standard InChI is InChI=1S/C10H11NS2/c1-2-8-11(10(12)13)9-6-4-3-5-7-9/h2-7H,1,8H2,(H,12,13). The van der Waals surface area contributed by atoms with Crippen molar-refractivity contribution in [2.24, 2.45) is 0 Å². The minimum atomic E-state index is 0.561. The maximum Gasteiger partial charge on any atom is 0.138 e. The third-order valence-corrected chi connectivity index (χ3v) is 2.07. The molecule has 0 radical (unpaired) electrons. The van der Waals surface area contributed by atoms with E-state index in [0.29, 0.717) is 10.9 Å². The largest absolute Gasteiger partial charge is 0.324 e. The van der Waals surface area contributed by atoms with Gasteiger partial charge in [-0.15, -0.1) is 19.2 Å². The van der Waals surface area contributed by atoms with Crippen molar-refractivity contribution >= 4 is 34.9 Å². The Bertz CT molecular complexity index is 295. The first-order chi connectivity index (χ1) is 6.25. The molecule has 0 spiro atoms. The van der Waals surface area contributed by atoms with E-state index in [1.54, 1.807) is 6.08 Å². The molecule has 0 aliphatic carbocycles. The van der Waals surface area contributed by atoms with Crippen LogP contribution in [-0.2, 0) is 0 Å². The number of nitrogens with zero attached hydrogens (tertiary/aromatic N) is 1. The summed E-state index contributed by atoms with van der Waals surface area (Å²) in [5.41, 5.74) is 1.04. The number of anilines is 1.